The minimum absolute atomic E-state index is 0.247. The molecule has 1 N–H and O–H groups in total. The Kier molecular flexibility index (Phi) is 6.69. The summed E-state index contributed by atoms with van der Waals surface area (Å²) < 4.78 is 28.6. The molecule has 0 unspecified atom stereocenters. The van der Waals surface area contributed by atoms with Gasteiger partial charge in [0.15, 0.2) is 11.5 Å². The standard InChI is InChI=1S/C29H28N2O6/c1-18-23(12-19-13-26(34-3)29(27(14-19)35-4)36-10-11-37-29)22-8-7-21(33-2)15-25(22)24(18)16-28(32)31-20-6-5-9-30-17-20/h5-9,12-17H,10-11H2,1-4H3,(H,31,32)/b24-16+. The Bertz CT molecular complexity index is 1350. The fourth-order valence-electron chi connectivity index (χ4n) is 4.76. The molecular formula is C29H28N2O6. The van der Waals surface area contributed by atoms with Gasteiger partial charge in [0.05, 0.1) is 46.4 Å². The Morgan fingerprint density at radius 1 is 1.03 bits per heavy atom. The monoisotopic (exact) mass is 500 g/mol. The molecule has 2 heterocycles. The van der Waals surface area contributed by atoms with Crippen LogP contribution < -0.4 is 10.1 Å². The molecule has 2 aromatic rings. The third-order valence-electron chi connectivity index (χ3n) is 6.51. The Labute approximate surface area is 215 Å². The molecule has 2 aliphatic carbocycles. The number of ether oxygens (including phenoxy) is 5. The molecule has 0 saturated carbocycles. The molecule has 1 fully saturated rings. The molecule has 1 aromatic heterocycles. The number of hydrogen-bond acceptors (Lipinski definition) is 7. The fraction of sp³-hybridized carbons (Fsp3) is 0.241. The van der Waals surface area contributed by atoms with Gasteiger partial charge in [0.25, 0.3) is 5.79 Å². The van der Waals surface area contributed by atoms with E-state index < -0.39 is 5.79 Å². The van der Waals surface area contributed by atoms with E-state index in [-0.39, 0.29) is 5.91 Å². The van der Waals surface area contributed by atoms with Crippen LogP contribution in [0.5, 0.6) is 5.75 Å². The SMILES string of the molecule is COC1=CC(=CC2=C(C)/C(=C\C(=O)Nc3cccnc3)c3cc(OC)ccc32)C=C(OC)C12OCCO2. The number of aromatic nitrogens is 1. The van der Waals surface area contributed by atoms with Gasteiger partial charge in [0.1, 0.15) is 5.75 Å². The molecule has 1 aromatic carbocycles. The Morgan fingerprint density at radius 3 is 2.38 bits per heavy atom. The van der Waals surface area contributed by atoms with Gasteiger partial charge in [-0.3, -0.25) is 9.78 Å². The normalized spacial score (nSPS) is 18.9. The largest absolute Gasteiger partial charge is 0.497 e. The lowest BCUT2D eigenvalue weighted by molar-refractivity contribution is -0.150. The van der Waals surface area contributed by atoms with Crippen molar-refractivity contribution in [1.82, 2.24) is 4.98 Å². The van der Waals surface area contributed by atoms with Crippen molar-refractivity contribution < 1.29 is 28.5 Å². The van der Waals surface area contributed by atoms with Crippen LogP contribution in [0, 0.1) is 0 Å². The topological polar surface area (TPSA) is 88.1 Å². The molecule has 8 nitrogen and oxygen atoms in total. The summed E-state index contributed by atoms with van der Waals surface area (Å²) in [5, 5.41) is 2.87. The summed E-state index contributed by atoms with van der Waals surface area (Å²) >= 11 is 0. The van der Waals surface area contributed by atoms with Crippen LogP contribution in [0.2, 0.25) is 0 Å². The maximum atomic E-state index is 12.9. The van der Waals surface area contributed by atoms with E-state index in [9.17, 15) is 4.79 Å². The zero-order valence-corrected chi connectivity index (χ0v) is 21.2. The molecular weight excluding hydrogens is 472 g/mol. The number of fused-ring (bicyclic) bond motifs is 1. The molecule has 5 rings (SSSR count). The highest BCUT2D eigenvalue weighted by Gasteiger charge is 2.49. The molecule has 190 valence electrons. The second-order valence-corrected chi connectivity index (χ2v) is 8.62. The van der Waals surface area contributed by atoms with Crippen molar-refractivity contribution in [1.29, 1.82) is 0 Å². The van der Waals surface area contributed by atoms with E-state index in [1.807, 2.05) is 43.4 Å². The van der Waals surface area contributed by atoms with Gasteiger partial charge in [0, 0.05) is 12.3 Å². The Morgan fingerprint density at radius 2 is 1.76 bits per heavy atom. The first-order valence-corrected chi connectivity index (χ1v) is 11.8. The molecule has 1 aliphatic heterocycles. The Balaban J connectivity index is 1.58. The molecule has 0 bridgehead atoms. The van der Waals surface area contributed by atoms with Gasteiger partial charge in [-0.15, -0.1) is 0 Å². The van der Waals surface area contributed by atoms with Gasteiger partial charge in [0.2, 0.25) is 5.91 Å². The van der Waals surface area contributed by atoms with E-state index in [0.29, 0.717) is 36.2 Å². The van der Waals surface area contributed by atoms with Crippen LogP contribution in [0.15, 0.2) is 89.7 Å². The number of anilines is 1. The second kappa shape index (κ2) is 10.1. The smallest absolute Gasteiger partial charge is 0.288 e. The molecule has 37 heavy (non-hydrogen) atoms. The molecule has 0 radical (unpaired) electrons. The fourth-order valence-corrected chi connectivity index (χ4v) is 4.76. The van der Waals surface area contributed by atoms with Crippen molar-refractivity contribution in [3.8, 4) is 5.75 Å². The number of rotatable bonds is 6. The lowest BCUT2D eigenvalue weighted by Crippen LogP contribution is -2.38. The average Bonchev–Trinajstić information content (AvgIpc) is 3.49. The van der Waals surface area contributed by atoms with E-state index in [4.69, 9.17) is 23.7 Å². The summed E-state index contributed by atoms with van der Waals surface area (Å²) in [6.07, 6.45) is 10.7. The molecule has 1 spiro atoms. The summed E-state index contributed by atoms with van der Waals surface area (Å²) in [7, 11) is 4.79. The first kappa shape index (κ1) is 24.5. The summed E-state index contributed by atoms with van der Waals surface area (Å²) in [5.74, 6) is 0.308. The lowest BCUT2D eigenvalue weighted by Gasteiger charge is -2.32. The summed E-state index contributed by atoms with van der Waals surface area (Å²) in [6, 6.07) is 9.41. The second-order valence-electron chi connectivity index (χ2n) is 8.62. The average molecular weight is 501 g/mol. The van der Waals surface area contributed by atoms with E-state index >= 15 is 0 Å². The predicted octanol–water partition coefficient (Wildman–Crippen LogP) is 4.64. The number of nitrogens with one attached hydrogen (secondary N) is 1. The lowest BCUT2D eigenvalue weighted by atomic mass is 9.96. The van der Waals surface area contributed by atoms with Crippen molar-refractivity contribution in [2.75, 3.05) is 39.9 Å². The maximum absolute atomic E-state index is 12.9. The minimum Gasteiger partial charge on any atom is -0.497 e. The van der Waals surface area contributed by atoms with Crippen molar-refractivity contribution in [3.63, 3.8) is 0 Å². The molecule has 0 atom stereocenters. The number of allylic oxidation sites excluding steroid dienone is 7. The van der Waals surface area contributed by atoms with Crippen molar-refractivity contribution in [2.45, 2.75) is 12.7 Å². The van der Waals surface area contributed by atoms with E-state index in [1.165, 1.54) is 0 Å². The van der Waals surface area contributed by atoms with Crippen molar-refractivity contribution in [3.05, 3.63) is 101 Å². The zero-order valence-electron chi connectivity index (χ0n) is 21.2. The number of nitrogens with zero attached hydrogens (tertiary/aromatic N) is 1. The highest BCUT2D eigenvalue weighted by Crippen LogP contribution is 2.45. The van der Waals surface area contributed by atoms with Gasteiger partial charge in [-0.1, -0.05) is 6.07 Å². The van der Waals surface area contributed by atoms with Crippen LogP contribution in [0.1, 0.15) is 18.1 Å². The van der Waals surface area contributed by atoms with Crippen LogP contribution in [0.25, 0.3) is 11.1 Å². The third kappa shape index (κ3) is 4.45. The van der Waals surface area contributed by atoms with E-state index in [2.05, 4.69) is 10.3 Å². The van der Waals surface area contributed by atoms with Crippen LogP contribution in [-0.4, -0.2) is 51.2 Å². The molecule has 1 amide bonds. The number of carbonyl (C=O) groups excluding carboxylic acids is 1. The molecule has 1 saturated heterocycles. The zero-order chi connectivity index (χ0) is 26.0. The van der Waals surface area contributed by atoms with Gasteiger partial charge in [-0.2, -0.15) is 0 Å². The number of benzene rings is 1. The number of methoxy groups -OCH3 is 3. The van der Waals surface area contributed by atoms with Gasteiger partial charge < -0.3 is 29.0 Å². The van der Waals surface area contributed by atoms with E-state index in [1.54, 1.807) is 51.9 Å². The van der Waals surface area contributed by atoms with Gasteiger partial charge in [-0.25, -0.2) is 0 Å². The first-order valence-electron chi connectivity index (χ1n) is 11.8. The number of pyridine rings is 1. The third-order valence-corrected chi connectivity index (χ3v) is 6.51. The summed E-state index contributed by atoms with van der Waals surface area (Å²) in [4.78, 5) is 17.0. The Hall–Kier alpha value is -4.14. The van der Waals surface area contributed by atoms with Crippen LogP contribution in [0.3, 0.4) is 0 Å². The van der Waals surface area contributed by atoms with Gasteiger partial charge in [-0.05, 0) is 82.8 Å². The minimum atomic E-state index is -1.17. The first-order chi connectivity index (χ1) is 18.0. The summed E-state index contributed by atoms with van der Waals surface area (Å²) in [5.41, 5.74) is 6.09. The highest BCUT2D eigenvalue weighted by atomic mass is 16.8. The van der Waals surface area contributed by atoms with Crippen molar-refractivity contribution in [2.24, 2.45) is 0 Å². The molecule has 8 heteroatoms. The van der Waals surface area contributed by atoms with E-state index in [0.717, 1.165) is 33.4 Å². The van der Waals surface area contributed by atoms with Gasteiger partial charge >= 0.3 is 0 Å². The number of carbonyl (C=O) groups is 1. The van der Waals surface area contributed by atoms with Crippen LogP contribution in [-0.2, 0) is 23.7 Å². The van der Waals surface area contributed by atoms with Crippen LogP contribution in [0.4, 0.5) is 5.69 Å². The maximum Gasteiger partial charge on any atom is 0.288 e. The van der Waals surface area contributed by atoms with Crippen molar-refractivity contribution >= 4 is 22.7 Å². The number of amides is 1. The molecule has 3 aliphatic rings. The quantitative estimate of drug-likeness (QED) is 0.578. The number of hydrogen-bond donors (Lipinski definition) is 1. The highest BCUT2D eigenvalue weighted by molar-refractivity contribution is 6.12. The predicted molar refractivity (Wildman–Crippen MR) is 139 cm³/mol. The summed E-state index contributed by atoms with van der Waals surface area (Å²) in [6.45, 7) is 2.88. The van der Waals surface area contributed by atoms with Crippen LogP contribution >= 0.6 is 0 Å².